The molecule has 1 atom stereocenters. The summed E-state index contributed by atoms with van der Waals surface area (Å²) in [4.78, 5) is -0.351. The zero-order valence-corrected chi connectivity index (χ0v) is 13.3. The summed E-state index contributed by atoms with van der Waals surface area (Å²) in [6.07, 6.45) is 0.377. The zero-order valence-electron chi connectivity index (χ0n) is 12.5. The third kappa shape index (κ3) is 3.43. The lowest BCUT2D eigenvalue weighted by Crippen LogP contribution is -2.34. The molecule has 0 saturated heterocycles. The van der Waals surface area contributed by atoms with E-state index in [1.807, 2.05) is 30.3 Å². The van der Waals surface area contributed by atoms with Crippen molar-refractivity contribution in [2.24, 2.45) is 0 Å². The van der Waals surface area contributed by atoms with Crippen LogP contribution in [0, 0.1) is 5.82 Å². The van der Waals surface area contributed by atoms with Crippen LogP contribution in [0.15, 0.2) is 63.9 Å². The molecule has 0 fully saturated rings. The van der Waals surface area contributed by atoms with Gasteiger partial charge in [0.25, 0.3) is 0 Å². The van der Waals surface area contributed by atoms with Gasteiger partial charge < -0.3 is 4.42 Å². The van der Waals surface area contributed by atoms with Gasteiger partial charge in [0.15, 0.2) is 0 Å². The Morgan fingerprint density at radius 2 is 1.83 bits per heavy atom. The van der Waals surface area contributed by atoms with Gasteiger partial charge >= 0.3 is 0 Å². The second-order valence-corrected chi connectivity index (χ2v) is 7.09. The van der Waals surface area contributed by atoms with Crippen molar-refractivity contribution in [3.63, 3.8) is 0 Å². The first kappa shape index (κ1) is 15.7. The van der Waals surface area contributed by atoms with Gasteiger partial charge in [-0.05, 0) is 31.2 Å². The van der Waals surface area contributed by atoms with Crippen molar-refractivity contribution in [2.45, 2.75) is 24.3 Å². The molecule has 0 saturated carbocycles. The predicted octanol–water partition coefficient (Wildman–Crippen LogP) is 3.48. The van der Waals surface area contributed by atoms with E-state index < -0.39 is 21.9 Å². The molecule has 120 valence electrons. The molecule has 0 radical (unpaired) electrons. The first-order valence-corrected chi connectivity index (χ1v) is 8.68. The van der Waals surface area contributed by atoms with E-state index in [1.54, 1.807) is 6.92 Å². The van der Waals surface area contributed by atoms with Gasteiger partial charge in [0, 0.05) is 17.8 Å². The molecule has 1 N–H and O–H groups in total. The van der Waals surface area contributed by atoms with E-state index in [-0.39, 0.29) is 4.90 Å². The summed E-state index contributed by atoms with van der Waals surface area (Å²) in [5.41, 5.74) is 0.756. The van der Waals surface area contributed by atoms with Crippen molar-refractivity contribution in [3.8, 4) is 0 Å². The maximum atomic E-state index is 13.7. The van der Waals surface area contributed by atoms with Gasteiger partial charge in [-0.15, -0.1) is 0 Å². The van der Waals surface area contributed by atoms with Crippen LogP contribution in [0.25, 0.3) is 11.0 Å². The van der Waals surface area contributed by atoms with Crippen LogP contribution in [0.2, 0.25) is 0 Å². The molecule has 4 nitrogen and oxygen atoms in total. The lowest BCUT2D eigenvalue weighted by molar-refractivity contribution is 0.501. The lowest BCUT2D eigenvalue weighted by atomic mass is 10.2. The molecule has 0 spiro atoms. The highest BCUT2D eigenvalue weighted by atomic mass is 32.2. The summed E-state index contributed by atoms with van der Waals surface area (Å²) in [5, 5.41) is 0.965. The van der Waals surface area contributed by atoms with Gasteiger partial charge in [-0.3, -0.25) is 0 Å². The molecule has 2 aromatic carbocycles. The summed E-state index contributed by atoms with van der Waals surface area (Å²) >= 11 is 0. The third-order valence-corrected chi connectivity index (χ3v) is 5.09. The molecular formula is C17H16FNO3S. The predicted molar refractivity (Wildman–Crippen MR) is 86.1 cm³/mol. The summed E-state index contributed by atoms with van der Waals surface area (Å²) in [7, 11) is -3.91. The fourth-order valence-corrected chi connectivity index (χ4v) is 3.79. The van der Waals surface area contributed by atoms with Crippen LogP contribution in [0.3, 0.4) is 0 Å². The average Bonchev–Trinajstić information content (AvgIpc) is 2.88. The Morgan fingerprint density at radius 1 is 1.13 bits per heavy atom. The number of rotatable bonds is 5. The number of furan rings is 1. The number of sulfonamides is 1. The summed E-state index contributed by atoms with van der Waals surface area (Å²) in [6, 6.07) is 14.3. The second kappa shape index (κ2) is 6.14. The Bertz CT molecular complexity index is 901. The van der Waals surface area contributed by atoms with Crippen molar-refractivity contribution in [3.05, 3.63) is 66.2 Å². The van der Waals surface area contributed by atoms with Crippen LogP contribution < -0.4 is 4.72 Å². The smallest absolute Gasteiger partial charge is 0.243 e. The highest BCUT2D eigenvalue weighted by Gasteiger charge is 2.21. The topological polar surface area (TPSA) is 59.3 Å². The van der Waals surface area contributed by atoms with Gasteiger partial charge in [-0.1, -0.05) is 30.3 Å². The number of halogens is 1. The summed E-state index contributed by atoms with van der Waals surface area (Å²) in [5.74, 6) is -0.0918. The maximum Gasteiger partial charge on any atom is 0.243 e. The van der Waals surface area contributed by atoms with Crippen LogP contribution in [-0.4, -0.2) is 14.5 Å². The van der Waals surface area contributed by atoms with Crippen molar-refractivity contribution < 1.29 is 17.2 Å². The van der Waals surface area contributed by atoms with Gasteiger partial charge in [-0.25, -0.2) is 17.5 Å². The molecule has 0 aliphatic carbocycles. The first-order chi connectivity index (χ1) is 11.0. The van der Waals surface area contributed by atoms with Crippen LogP contribution in [0.1, 0.15) is 12.7 Å². The van der Waals surface area contributed by atoms with Gasteiger partial charge in [0.2, 0.25) is 10.0 Å². The number of fused-ring (bicyclic) bond motifs is 1. The van der Waals surface area contributed by atoms with E-state index in [0.29, 0.717) is 12.2 Å². The minimum Gasteiger partial charge on any atom is -0.461 e. The minimum absolute atomic E-state index is 0.351. The van der Waals surface area contributed by atoms with E-state index in [9.17, 15) is 12.8 Å². The highest BCUT2D eigenvalue weighted by Crippen LogP contribution is 2.20. The number of benzene rings is 2. The molecule has 3 rings (SSSR count). The lowest BCUT2D eigenvalue weighted by Gasteiger charge is -2.13. The number of para-hydroxylation sites is 1. The highest BCUT2D eigenvalue weighted by molar-refractivity contribution is 7.89. The van der Waals surface area contributed by atoms with E-state index in [2.05, 4.69) is 4.72 Å². The van der Waals surface area contributed by atoms with Crippen LogP contribution in [0.4, 0.5) is 4.39 Å². The van der Waals surface area contributed by atoms with E-state index in [0.717, 1.165) is 17.0 Å². The van der Waals surface area contributed by atoms with E-state index in [1.165, 1.54) is 18.2 Å². The van der Waals surface area contributed by atoms with E-state index >= 15 is 0 Å². The second-order valence-electron chi connectivity index (χ2n) is 5.41. The number of nitrogens with one attached hydrogen (secondary N) is 1. The maximum absolute atomic E-state index is 13.7. The average molecular weight is 333 g/mol. The van der Waals surface area contributed by atoms with Crippen molar-refractivity contribution in [1.82, 2.24) is 4.72 Å². The van der Waals surface area contributed by atoms with Crippen molar-refractivity contribution in [1.29, 1.82) is 0 Å². The normalized spacial score (nSPS) is 13.3. The monoisotopic (exact) mass is 333 g/mol. The molecule has 3 aromatic rings. The molecule has 0 bridgehead atoms. The number of hydrogen-bond donors (Lipinski definition) is 1. The Labute approximate surface area is 134 Å². The largest absolute Gasteiger partial charge is 0.461 e. The summed E-state index contributed by atoms with van der Waals surface area (Å²) in [6.45, 7) is 1.71. The first-order valence-electron chi connectivity index (χ1n) is 7.20. The molecule has 1 heterocycles. The quantitative estimate of drug-likeness (QED) is 0.777. The standard InChI is InChI=1S/C17H16FNO3S/c1-12(10-14-11-13-6-2-4-8-16(13)22-14)19-23(20,21)17-9-5-3-7-15(17)18/h2-9,11-12,19H,10H2,1H3/t12-/m0/s1. The Morgan fingerprint density at radius 3 is 2.57 bits per heavy atom. The van der Waals surface area contributed by atoms with Gasteiger partial charge in [0.05, 0.1) is 0 Å². The van der Waals surface area contributed by atoms with E-state index in [4.69, 9.17) is 4.42 Å². The third-order valence-electron chi connectivity index (χ3n) is 3.47. The molecular weight excluding hydrogens is 317 g/mol. The van der Waals surface area contributed by atoms with Crippen LogP contribution in [-0.2, 0) is 16.4 Å². The molecule has 6 heteroatoms. The van der Waals surface area contributed by atoms with Gasteiger partial charge in [0.1, 0.15) is 22.1 Å². The molecule has 0 aliphatic heterocycles. The zero-order chi connectivity index (χ0) is 16.4. The van der Waals surface area contributed by atoms with Crippen LogP contribution >= 0.6 is 0 Å². The molecule has 23 heavy (non-hydrogen) atoms. The Balaban J connectivity index is 1.76. The minimum atomic E-state index is -3.91. The Kier molecular flexibility index (Phi) is 4.19. The van der Waals surface area contributed by atoms with Crippen molar-refractivity contribution >= 4 is 21.0 Å². The number of hydrogen-bond acceptors (Lipinski definition) is 3. The molecule has 1 aromatic heterocycles. The summed E-state index contributed by atoms with van der Waals surface area (Å²) < 4.78 is 46.3. The molecule has 0 amide bonds. The SMILES string of the molecule is C[C@@H](Cc1cc2ccccc2o1)NS(=O)(=O)c1ccccc1F. The molecule has 0 aliphatic rings. The van der Waals surface area contributed by atoms with Gasteiger partial charge in [-0.2, -0.15) is 0 Å². The Hall–Kier alpha value is -2.18. The molecule has 0 unspecified atom stereocenters. The fourth-order valence-electron chi connectivity index (χ4n) is 2.47. The van der Waals surface area contributed by atoms with Crippen molar-refractivity contribution in [2.75, 3.05) is 0 Å². The fraction of sp³-hybridized carbons (Fsp3) is 0.176. The van der Waals surface area contributed by atoms with Crippen LogP contribution in [0.5, 0.6) is 0 Å².